The SMILES string of the molecule is Cc1cccc(CCc2cccs2)c1. The lowest BCUT2D eigenvalue weighted by atomic mass is 10.1. The molecule has 0 fully saturated rings. The number of hydrogen-bond donors (Lipinski definition) is 0. The summed E-state index contributed by atoms with van der Waals surface area (Å²) in [5.74, 6) is 0. The van der Waals surface area contributed by atoms with E-state index in [1.807, 2.05) is 11.3 Å². The second-order valence-electron chi connectivity index (χ2n) is 3.57. The highest BCUT2D eigenvalue weighted by Gasteiger charge is 1.96. The van der Waals surface area contributed by atoms with Crippen molar-refractivity contribution in [3.63, 3.8) is 0 Å². The van der Waals surface area contributed by atoms with Crippen LogP contribution in [0.4, 0.5) is 0 Å². The summed E-state index contributed by atoms with van der Waals surface area (Å²) in [5.41, 5.74) is 2.80. The quantitative estimate of drug-likeness (QED) is 0.709. The van der Waals surface area contributed by atoms with Crippen LogP contribution in [0.25, 0.3) is 0 Å². The molecule has 1 aromatic heterocycles. The van der Waals surface area contributed by atoms with Crippen molar-refractivity contribution in [3.8, 4) is 0 Å². The van der Waals surface area contributed by atoms with E-state index < -0.39 is 0 Å². The van der Waals surface area contributed by atoms with Crippen LogP contribution in [-0.2, 0) is 12.8 Å². The Morgan fingerprint density at radius 1 is 1.07 bits per heavy atom. The maximum absolute atomic E-state index is 2.27. The van der Waals surface area contributed by atoms with Gasteiger partial charge in [-0.25, -0.2) is 0 Å². The summed E-state index contributed by atoms with van der Waals surface area (Å²) >= 11 is 1.85. The first-order valence-corrected chi connectivity index (χ1v) is 5.80. The van der Waals surface area contributed by atoms with Gasteiger partial charge in [-0.3, -0.25) is 0 Å². The van der Waals surface area contributed by atoms with Crippen molar-refractivity contribution >= 4 is 11.3 Å². The third-order valence-corrected chi connectivity index (χ3v) is 3.26. The Bertz CT molecular complexity index is 387. The van der Waals surface area contributed by atoms with Crippen molar-refractivity contribution < 1.29 is 0 Å². The fourth-order valence-electron chi connectivity index (χ4n) is 1.59. The molecule has 0 radical (unpaired) electrons. The summed E-state index contributed by atoms with van der Waals surface area (Å²) in [4.78, 5) is 1.48. The van der Waals surface area contributed by atoms with Crippen LogP contribution in [-0.4, -0.2) is 0 Å². The normalized spacial score (nSPS) is 10.4. The second kappa shape index (κ2) is 4.43. The molecule has 1 heterocycles. The largest absolute Gasteiger partial charge is 0.149 e. The molecule has 0 unspecified atom stereocenters. The Morgan fingerprint density at radius 3 is 2.71 bits per heavy atom. The molecule has 2 aromatic rings. The average molecular weight is 202 g/mol. The van der Waals surface area contributed by atoms with Gasteiger partial charge >= 0.3 is 0 Å². The topological polar surface area (TPSA) is 0 Å². The molecule has 0 saturated heterocycles. The first-order valence-electron chi connectivity index (χ1n) is 4.92. The highest BCUT2D eigenvalue weighted by atomic mass is 32.1. The molecule has 1 heteroatoms. The van der Waals surface area contributed by atoms with E-state index in [-0.39, 0.29) is 0 Å². The van der Waals surface area contributed by atoms with Gasteiger partial charge in [-0.05, 0) is 36.8 Å². The van der Waals surface area contributed by atoms with Crippen molar-refractivity contribution in [1.29, 1.82) is 0 Å². The van der Waals surface area contributed by atoms with Crippen molar-refractivity contribution in [2.75, 3.05) is 0 Å². The van der Waals surface area contributed by atoms with Crippen LogP contribution in [0.15, 0.2) is 41.8 Å². The van der Waals surface area contributed by atoms with Crippen LogP contribution in [0.5, 0.6) is 0 Å². The Hall–Kier alpha value is -1.08. The maximum Gasteiger partial charge on any atom is 0.00485 e. The number of benzene rings is 1. The Labute approximate surface area is 89.2 Å². The Balaban J connectivity index is 1.98. The maximum atomic E-state index is 2.27. The van der Waals surface area contributed by atoms with Gasteiger partial charge in [0, 0.05) is 4.88 Å². The van der Waals surface area contributed by atoms with Crippen LogP contribution >= 0.6 is 11.3 Å². The zero-order valence-corrected chi connectivity index (χ0v) is 9.18. The highest BCUT2D eigenvalue weighted by Crippen LogP contribution is 2.13. The molecule has 0 amide bonds. The Kier molecular flexibility index (Phi) is 3.00. The minimum atomic E-state index is 1.15. The number of rotatable bonds is 3. The van der Waals surface area contributed by atoms with Gasteiger partial charge in [0.05, 0.1) is 0 Å². The summed E-state index contributed by atoms with van der Waals surface area (Å²) in [6.07, 6.45) is 2.32. The van der Waals surface area contributed by atoms with Gasteiger partial charge in [-0.2, -0.15) is 0 Å². The molecular weight excluding hydrogens is 188 g/mol. The first kappa shape index (κ1) is 9.47. The minimum absolute atomic E-state index is 1.15. The number of aryl methyl sites for hydroxylation is 3. The van der Waals surface area contributed by atoms with E-state index >= 15 is 0 Å². The molecule has 0 bridgehead atoms. The fourth-order valence-corrected chi connectivity index (χ4v) is 2.30. The summed E-state index contributed by atoms with van der Waals surface area (Å²) in [6.45, 7) is 2.15. The number of thiophene rings is 1. The van der Waals surface area contributed by atoms with Crippen molar-refractivity contribution in [2.45, 2.75) is 19.8 Å². The van der Waals surface area contributed by atoms with E-state index in [0.29, 0.717) is 0 Å². The van der Waals surface area contributed by atoms with Gasteiger partial charge in [-0.1, -0.05) is 35.9 Å². The molecule has 72 valence electrons. The number of hydrogen-bond acceptors (Lipinski definition) is 1. The van der Waals surface area contributed by atoms with Crippen molar-refractivity contribution in [1.82, 2.24) is 0 Å². The standard InChI is InChI=1S/C13H14S/c1-11-4-2-5-12(10-11)7-8-13-6-3-9-14-13/h2-6,9-10H,7-8H2,1H3. The lowest BCUT2D eigenvalue weighted by Gasteiger charge is -2.00. The van der Waals surface area contributed by atoms with Gasteiger partial charge < -0.3 is 0 Å². The fraction of sp³-hybridized carbons (Fsp3) is 0.231. The van der Waals surface area contributed by atoms with E-state index in [0.717, 1.165) is 6.42 Å². The van der Waals surface area contributed by atoms with E-state index in [4.69, 9.17) is 0 Å². The summed E-state index contributed by atoms with van der Waals surface area (Å²) < 4.78 is 0. The molecule has 0 spiro atoms. The molecule has 0 aliphatic rings. The molecule has 2 rings (SSSR count). The van der Waals surface area contributed by atoms with Gasteiger partial charge in [-0.15, -0.1) is 11.3 Å². The predicted octanol–water partition coefficient (Wildman–Crippen LogP) is 3.84. The molecule has 0 atom stereocenters. The van der Waals surface area contributed by atoms with Crippen molar-refractivity contribution in [2.24, 2.45) is 0 Å². The van der Waals surface area contributed by atoms with Crippen LogP contribution < -0.4 is 0 Å². The molecule has 0 nitrogen and oxygen atoms in total. The zero-order valence-electron chi connectivity index (χ0n) is 8.36. The molecular formula is C13H14S. The monoisotopic (exact) mass is 202 g/mol. The van der Waals surface area contributed by atoms with Gasteiger partial charge in [0.2, 0.25) is 0 Å². The van der Waals surface area contributed by atoms with E-state index in [1.54, 1.807) is 0 Å². The van der Waals surface area contributed by atoms with Crippen LogP contribution in [0.2, 0.25) is 0 Å². The molecule has 1 aromatic carbocycles. The smallest absolute Gasteiger partial charge is 0.00485 e. The average Bonchev–Trinajstić information content (AvgIpc) is 2.67. The highest BCUT2D eigenvalue weighted by molar-refractivity contribution is 7.09. The predicted molar refractivity (Wildman–Crippen MR) is 62.9 cm³/mol. The van der Waals surface area contributed by atoms with E-state index in [1.165, 1.54) is 22.4 Å². The third kappa shape index (κ3) is 2.46. The molecule has 0 aliphatic heterocycles. The van der Waals surface area contributed by atoms with Crippen molar-refractivity contribution in [3.05, 3.63) is 57.8 Å². The van der Waals surface area contributed by atoms with E-state index in [2.05, 4.69) is 48.7 Å². The summed E-state index contributed by atoms with van der Waals surface area (Å²) in [6, 6.07) is 13.1. The summed E-state index contributed by atoms with van der Waals surface area (Å²) in [7, 11) is 0. The summed E-state index contributed by atoms with van der Waals surface area (Å²) in [5, 5.41) is 2.14. The second-order valence-corrected chi connectivity index (χ2v) is 4.60. The zero-order chi connectivity index (χ0) is 9.80. The minimum Gasteiger partial charge on any atom is -0.149 e. The van der Waals surface area contributed by atoms with Crippen LogP contribution in [0.1, 0.15) is 16.0 Å². The Morgan fingerprint density at radius 2 is 2.00 bits per heavy atom. The molecule has 0 N–H and O–H groups in total. The molecule has 0 saturated carbocycles. The van der Waals surface area contributed by atoms with Crippen LogP contribution in [0, 0.1) is 6.92 Å². The third-order valence-electron chi connectivity index (χ3n) is 2.32. The lowest BCUT2D eigenvalue weighted by Crippen LogP contribution is -1.88. The van der Waals surface area contributed by atoms with Gasteiger partial charge in [0.1, 0.15) is 0 Å². The van der Waals surface area contributed by atoms with Gasteiger partial charge in [0.25, 0.3) is 0 Å². The van der Waals surface area contributed by atoms with E-state index in [9.17, 15) is 0 Å². The lowest BCUT2D eigenvalue weighted by molar-refractivity contribution is 0.978. The van der Waals surface area contributed by atoms with Gasteiger partial charge in [0.15, 0.2) is 0 Å². The first-order chi connectivity index (χ1) is 6.84. The molecule has 0 aliphatic carbocycles. The van der Waals surface area contributed by atoms with Crippen LogP contribution in [0.3, 0.4) is 0 Å². The molecule has 14 heavy (non-hydrogen) atoms.